The fraction of sp³-hybridized carbons (Fsp3) is 0.200. The Hall–Kier alpha value is -2.99. The van der Waals surface area contributed by atoms with Gasteiger partial charge >= 0.3 is 6.16 Å². The van der Waals surface area contributed by atoms with Crippen molar-refractivity contribution in [2.24, 2.45) is 0 Å². The SMILES string of the molecule is CCOC(=O)Oc1ccc2c(=O)c(Oc3cc(C)c(Cl)c(C)c3)coc2c1. The van der Waals surface area contributed by atoms with E-state index in [1.165, 1.54) is 24.5 Å². The third kappa shape index (κ3) is 4.06. The predicted molar refractivity (Wildman–Crippen MR) is 101 cm³/mol. The second-order valence-corrected chi connectivity index (χ2v) is 6.22. The fourth-order valence-electron chi connectivity index (χ4n) is 2.56. The molecule has 0 aliphatic heterocycles. The first-order valence-electron chi connectivity index (χ1n) is 8.23. The van der Waals surface area contributed by atoms with Crippen LogP contribution in [0.4, 0.5) is 4.79 Å². The van der Waals surface area contributed by atoms with Gasteiger partial charge in [-0.2, -0.15) is 0 Å². The summed E-state index contributed by atoms with van der Waals surface area (Å²) in [7, 11) is 0. The summed E-state index contributed by atoms with van der Waals surface area (Å²) < 4.78 is 20.9. The Labute approximate surface area is 160 Å². The number of rotatable bonds is 4. The van der Waals surface area contributed by atoms with E-state index in [9.17, 15) is 9.59 Å². The Morgan fingerprint density at radius 3 is 2.48 bits per heavy atom. The number of hydrogen-bond acceptors (Lipinski definition) is 6. The zero-order valence-electron chi connectivity index (χ0n) is 15.0. The quantitative estimate of drug-likeness (QED) is 0.440. The van der Waals surface area contributed by atoms with E-state index in [1.807, 2.05) is 13.8 Å². The molecule has 1 aromatic heterocycles. The maximum Gasteiger partial charge on any atom is 0.513 e. The molecule has 0 aliphatic rings. The topological polar surface area (TPSA) is 75.0 Å². The summed E-state index contributed by atoms with van der Waals surface area (Å²) >= 11 is 6.15. The van der Waals surface area contributed by atoms with Gasteiger partial charge in [-0.3, -0.25) is 4.79 Å². The molecule has 6 nitrogen and oxygen atoms in total. The monoisotopic (exact) mass is 388 g/mol. The lowest BCUT2D eigenvalue weighted by Gasteiger charge is -2.10. The van der Waals surface area contributed by atoms with Crippen molar-refractivity contribution in [2.75, 3.05) is 6.61 Å². The fourth-order valence-corrected chi connectivity index (χ4v) is 2.67. The maximum absolute atomic E-state index is 12.7. The van der Waals surface area contributed by atoms with Crippen LogP contribution in [0.3, 0.4) is 0 Å². The molecule has 7 heteroatoms. The molecule has 140 valence electrons. The van der Waals surface area contributed by atoms with E-state index in [1.54, 1.807) is 19.1 Å². The predicted octanol–water partition coefficient (Wildman–Crippen LogP) is 5.39. The Morgan fingerprint density at radius 1 is 1.11 bits per heavy atom. The number of carbonyl (C=O) groups is 1. The summed E-state index contributed by atoms with van der Waals surface area (Å²) in [5.41, 5.74) is 1.61. The van der Waals surface area contributed by atoms with Crippen molar-refractivity contribution in [3.63, 3.8) is 0 Å². The van der Waals surface area contributed by atoms with Gasteiger partial charge in [-0.05, 0) is 56.2 Å². The van der Waals surface area contributed by atoms with E-state index in [4.69, 9.17) is 30.2 Å². The highest BCUT2D eigenvalue weighted by molar-refractivity contribution is 6.32. The average molecular weight is 389 g/mol. The average Bonchev–Trinajstić information content (AvgIpc) is 2.62. The van der Waals surface area contributed by atoms with Crippen molar-refractivity contribution in [3.05, 3.63) is 63.0 Å². The summed E-state index contributed by atoms with van der Waals surface area (Å²) in [4.78, 5) is 24.0. The van der Waals surface area contributed by atoms with Crippen LogP contribution < -0.4 is 14.9 Å². The van der Waals surface area contributed by atoms with E-state index >= 15 is 0 Å². The van der Waals surface area contributed by atoms with E-state index in [-0.39, 0.29) is 29.1 Å². The van der Waals surface area contributed by atoms with Gasteiger partial charge in [0.1, 0.15) is 23.3 Å². The first kappa shape index (κ1) is 18.8. The highest BCUT2D eigenvalue weighted by Gasteiger charge is 2.13. The van der Waals surface area contributed by atoms with Crippen molar-refractivity contribution in [3.8, 4) is 17.2 Å². The number of ether oxygens (including phenoxy) is 3. The molecule has 0 unspecified atom stereocenters. The lowest BCUT2D eigenvalue weighted by Crippen LogP contribution is -2.10. The number of hydrogen-bond donors (Lipinski definition) is 0. The van der Waals surface area contributed by atoms with Gasteiger partial charge in [0.25, 0.3) is 0 Å². The Balaban J connectivity index is 1.91. The van der Waals surface area contributed by atoms with Crippen LogP contribution in [0.1, 0.15) is 18.1 Å². The second-order valence-electron chi connectivity index (χ2n) is 5.85. The molecule has 3 aromatic rings. The van der Waals surface area contributed by atoms with E-state index in [2.05, 4.69) is 0 Å². The number of fused-ring (bicyclic) bond motifs is 1. The molecule has 0 aliphatic carbocycles. The van der Waals surface area contributed by atoms with Gasteiger partial charge < -0.3 is 18.6 Å². The maximum atomic E-state index is 12.7. The van der Waals surface area contributed by atoms with Gasteiger partial charge in [0.15, 0.2) is 0 Å². The lowest BCUT2D eigenvalue weighted by atomic mass is 10.1. The molecule has 0 saturated heterocycles. The van der Waals surface area contributed by atoms with Crippen LogP contribution in [0.15, 0.2) is 45.8 Å². The normalized spacial score (nSPS) is 10.7. The van der Waals surface area contributed by atoms with Gasteiger partial charge in [-0.1, -0.05) is 11.6 Å². The lowest BCUT2D eigenvalue weighted by molar-refractivity contribution is 0.104. The molecular weight excluding hydrogens is 372 g/mol. The molecule has 0 saturated carbocycles. The Bertz CT molecular complexity index is 1050. The van der Waals surface area contributed by atoms with E-state index in [0.29, 0.717) is 16.2 Å². The van der Waals surface area contributed by atoms with E-state index in [0.717, 1.165) is 11.1 Å². The third-order valence-electron chi connectivity index (χ3n) is 3.82. The molecule has 1 heterocycles. The summed E-state index contributed by atoms with van der Waals surface area (Å²) in [6.45, 7) is 5.59. The first-order valence-corrected chi connectivity index (χ1v) is 8.61. The second kappa shape index (κ2) is 7.72. The highest BCUT2D eigenvalue weighted by atomic mass is 35.5. The summed E-state index contributed by atoms with van der Waals surface area (Å²) in [6, 6.07) is 7.91. The van der Waals surface area contributed by atoms with Gasteiger partial charge in [-0.25, -0.2) is 4.79 Å². The molecule has 3 rings (SSSR count). The smallest absolute Gasteiger partial charge is 0.460 e. The molecule has 0 fully saturated rings. The van der Waals surface area contributed by atoms with Crippen LogP contribution >= 0.6 is 11.6 Å². The van der Waals surface area contributed by atoms with Crippen LogP contribution in [0.25, 0.3) is 11.0 Å². The van der Waals surface area contributed by atoms with Crippen molar-refractivity contribution >= 4 is 28.7 Å². The molecule has 2 aromatic carbocycles. The van der Waals surface area contributed by atoms with Crippen molar-refractivity contribution in [1.82, 2.24) is 0 Å². The molecule has 0 atom stereocenters. The largest absolute Gasteiger partial charge is 0.513 e. The first-order chi connectivity index (χ1) is 12.9. The van der Waals surface area contributed by atoms with Crippen LogP contribution in [0.5, 0.6) is 17.2 Å². The standard InChI is InChI=1S/C20H17ClO6/c1-4-24-20(23)27-13-5-6-15-16(9-13)25-10-17(19(15)22)26-14-7-11(2)18(21)12(3)8-14/h5-10H,4H2,1-3H3. The van der Waals surface area contributed by atoms with Gasteiger partial charge in [0.2, 0.25) is 11.2 Å². The van der Waals surface area contributed by atoms with Crippen molar-refractivity contribution in [2.45, 2.75) is 20.8 Å². The van der Waals surface area contributed by atoms with Gasteiger partial charge in [0.05, 0.1) is 12.0 Å². The number of benzene rings is 2. The molecule has 0 amide bonds. The summed E-state index contributed by atoms with van der Waals surface area (Å²) in [6.07, 6.45) is 0.394. The molecule has 0 radical (unpaired) electrons. The van der Waals surface area contributed by atoms with Crippen LogP contribution in [0, 0.1) is 13.8 Å². The minimum absolute atomic E-state index is 0.0442. The molecule has 0 bridgehead atoms. The minimum atomic E-state index is -0.826. The van der Waals surface area contributed by atoms with E-state index < -0.39 is 6.16 Å². The van der Waals surface area contributed by atoms with Crippen LogP contribution in [-0.2, 0) is 4.74 Å². The van der Waals surface area contributed by atoms with Crippen molar-refractivity contribution < 1.29 is 23.4 Å². The molecule has 0 spiro atoms. The number of carbonyl (C=O) groups excluding carboxylic acids is 1. The highest BCUT2D eigenvalue weighted by Crippen LogP contribution is 2.29. The van der Waals surface area contributed by atoms with Crippen molar-refractivity contribution in [1.29, 1.82) is 0 Å². The van der Waals surface area contributed by atoms with Gasteiger partial charge in [-0.15, -0.1) is 0 Å². The minimum Gasteiger partial charge on any atom is -0.460 e. The zero-order chi connectivity index (χ0) is 19.6. The molecular formula is C20H17ClO6. The molecule has 0 N–H and O–H groups in total. The van der Waals surface area contributed by atoms with Crippen LogP contribution in [-0.4, -0.2) is 12.8 Å². The Morgan fingerprint density at radius 2 is 1.81 bits per heavy atom. The Kier molecular flexibility index (Phi) is 5.37. The molecule has 27 heavy (non-hydrogen) atoms. The number of halogens is 1. The third-order valence-corrected chi connectivity index (χ3v) is 4.41. The summed E-state index contributed by atoms with van der Waals surface area (Å²) in [5, 5.41) is 0.952. The zero-order valence-corrected chi connectivity index (χ0v) is 15.8. The summed E-state index contributed by atoms with van der Waals surface area (Å²) in [5.74, 6) is 0.743. The number of aryl methyl sites for hydroxylation is 2. The van der Waals surface area contributed by atoms with Gasteiger partial charge in [0, 0.05) is 11.1 Å². The van der Waals surface area contributed by atoms with Crippen LogP contribution in [0.2, 0.25) is 5.02 Å².